The van der Waals surface area contributed by atoms with E-state index in [9.17, 15) is 0 Å². The zero-order valence-electron chi connectivity index (χ0n) is 9.41. The van der Waals surface area contributed by atoms with Gasteiger partial charge < -0.3 is 0 Å². The predicted molar refractivity (Wildman–Crippen MR) is 64.4 cm³/mol. The number of halogens is 1. The molecule has 1 aliphatic carbocycles. The zero-order valence-corrected chi connectivity index (χ0v) is 10.2. The molecular formula is C13H18ClN. The fraction of sp³-hybridized carbons (Fsp3) is 0.615. The summed E-state index contributed by atoms with van der Waals surface area (Å²) in [5.74, 6) is 0.973. The molecule has 1 aromatic heterocycles. The van der Waals surface area contributed by atoms with Gasteiger partial charge in [0.25, 0.3) is 0 Å². The summed E-state index contributed by atoms with van der Waals surface area (Å²) in [5, 5.41) is 0.221. The number of aromatic nitrogens is 1. The van der Waals surface area contributed by atoms with Crippen molar-refractivity contribution in [3.05, 3.63) is 29.6 Å². The maximum atomic E-state index is 6.48. The van der Waals surface area contributed by atoms with Gasteiger partial charge in [-0.1, -0.05) is 19.9 Å². The van der Waals surface area contributed by atoms with Gasteiger partial charge in [0.2, 0.25) is 0 Å². The second-order valence-electron chi connectivity index (χ2n) is 4.73. The van der Waals surface area contributed by atoms with Crippen molar-refractivity contribution in [3.8, 4) is 0 Å². The van der Waals surface area contributed by atoms with Crippen molar-refractivity contribution in [1.82, 2.24) is 4.98 Å². The average molecular weight is 224 g/mol. The van der Waals surface area contributed by atoms with Crippen LogP contribution in [0.15, 0.2) is 18.3 Å². The molecule has 1 aliphatic rings. The largest absolute Gasteiger partial charge is 0.261 e. The summed E-state index contributed by atoms with van der Waals surface area (Å²) >= 11 is 6.48. The minimum atomic E-state index is 0.221. The number of rotatable bonds is 2. The third-order valence-electron chi connectivity index (χ3n) is 3.26. The molecule has 0 radical (unpaired) electrons. The summed E-state index contributed by atoms with van der Waals surface area (Å²) in [6.45, 7) is 4.38. The minimum absolute atomic E-state index is 0.221. The minimum Gasteiger partial charge on any atom is -0.261 e. The van der Waals surface area contributed by atoms with E-state index in [1.165, 1.54) is 30.5 Å². The van der Waals surface area contributed by atoms with Crippen molar-refractivity contribution >= 4 is 11.6 Å². The molecule has 0 fully saturated rings. The van der Waals surface area contributed by atoms with Crippen LogP contribution in [0.3, 0.4) is 0 Å². The first-order valence-corrected chi connectivity index (χ1v) is 6.21. The third kappa shape index (κ3) is 2.17. The van der Waals surface area contributed by atoms with Crippen LogP contribution in [0, 0.1) is 5.92 Å². The molecule has 0 spiro atoms. The number of alkyl halides is 1. The van der Waals surface area contributed by atoms with Gasteiger partial charge in [-0.2, -0.15) is 0 Å². The van der Waals surface area contributed by atoms with Crippen LogP contribution in [0.1, 0.15) is 43.9 Å². The Kier molecular flexibility index (Phi) is 3.30. The smallest absolute Gasteiger partial charge is 0.0481 e. The fourth-order valence-electron chi connectivity index (χ4n) is 2.42. The summed E-state index contributed by atoms with van der Waals surface area (Å²) < 4.78 is 0. The molecule has 0 bridgehead atoms. The third-order valence-corrected chi connectivity index (χ3v) is 4.07. The van der Waals surface area contributed by atoms with Crippen molar-refractivity contribution in [2.45, 2.75) is 44.4 Å². The van der Waals surface area contributed by atoms with E-state index in [0.29, 0.717) is 11.8 Å². The first-order valence-electron chi connectivity index (χ1n) is 5.78. The molecule has 0 amide bonds. The lowest BCUT2D eigenvalue weighted by molar-refractivity contribution is 0.446. The summed E-state index contributed by atoms with van der Waals surface area (Å²) in [4.78, 5) is 4.52. The summed E-state index contributed by atoms with van der Waals surface area (Å²) in [5.41, 5.74) is 2.65. The normalized spacial score (nSPS) is 22.5. The van der Waals surface area contributed by atoms with E-state index in [4.69, 9.17) is 11.6 Å². The molecule has 1 nitrogen and oxygen atoms in total. The van der Waals surface area contributed by atoms with Gasteiger partial charge in [0, 0.05) is 23.2 Å². The number of aryl methyl sites for hydroxylation is 1. The van der Waals surface area contributed by atoms with Crippen LogP contribution >= 0.6 is 11.6 Å². The van der Waals surface area contributed by atoms with Crippen molar-refractivity contribution in [2.75, 3.05) is 0 Å². The molecule has 0 saturated carbocycles. The van der Waals surface area contributed by atoms with E-state index in [1.54, 1.807) is 0 Å². The van der Waals surface area contributed by atoms with Crippen LogP contribution in [0.5, 0.6) is 0 Å². The van der Waals surface area contributed by atoms with Crippen LogP contribution in [0.4, 0.5) is 0 Å². The van der Waals surface area contributed by atoms with E-state index in [1.807, 2.05) is 12.3 Å². The maximum Gasteiger partial charge on any atom is 0.0481 e. The molecule has 0 saturated heterocycles. The van der Waals surface area contributed by atoms with Gasteiger partial charge in [0.1, 0.15) is 0 Å². The first kappa shape index (κ1) is 10.9. The molecule has 2 rings (SSSR count). The van der Waals surface area contributed by atoms with Crippen LogP contribution in [0.2, 0.25) is 0 Å². The van der Waals surface area contributed by atoms with Gasteiger partial charge in [-0.15, -0.1) is 11.6 Å². The Balaban J connectivity index is 2.29. The second-order valence-corrected chi connectivity index (χ2v) is 5.24. The fourth-order valence-corrected chi connectivity index (χ4v) is 2.67. The Morgan fingerprint density at radius 1 is 1.47 bits per heavy atom. The van der Waals surface area contributed by atoms with Crippen LogP contribution in [-0.4, -0.2) is 10.4 Å². The van der Waals surface area contributed by atoms with Gasteiger partial charge >= 0.3 is 0 Å². The Hall–Kier alpha value is -0.560. The van der Waals surface area contributed by atoms with Crippen molar-refractivity contribution < 1.29 is 0 Å². The van der Waals surface area contributed by atoms with Gasteiger partial charge in [-0.05, 0) is 36.8 Å². The SMILES string of the molecule is CC(C)C(Cl)C1CCCc2cccnc21. The molecular weight excluding hydrogens is 206 g/mol. The number of fused-ring (bicyclic) bond motifs is 1. The van der Waals surface area contributed by atoms with Gasteiger partial charge in [0.05, 0.1) is 0 Å². The lowest BCUT2D eigenvalue weighted by Crippen LogP contribution is -2.24. The molecule has 0 aliphatic heterocycles. The lowest BCUT2D eigenvalue weighted by atomic mass is 9.81. The van der Waals surface area contributed by atoms with Crippen LogP contribution < -0.4 is 0 Å². The van der Waals surface area contributed by atoms with E-state index in [-0.39, 0.29) is 5.38 Å². The summed E-state index contributed by atoms with van der Waals surface area (Å²) in [6.07, 6.45) is 5.50. The number of hydrogen-bond acceptors (Lipinski definition) is 1. The topological polar surface area (TPSA) is 12.9 Å². The van der Waals surface area contributed by atoms with Crippen molar-refractivity contribution in [2.24, 2.45) is 5.92 Å². The van der Waals surface area contributed by atoms with Crippen molar-refractivity contribution in [3.63, 3.8) is 0 Å². The molecule has 15 heavy (non-hydrogen) atoms. The number of hydrogen-bond donors (Lipinski definition) is 0. The first-order chi connectivity index (χ1) is 7.20. The molecule has 0 aromatic carbocycles. The van der Waals surface area contributed by atoms with Crippen molar-refractivity contribution in [1.29, 1.82) is 0 Å². The zero-order chi connectivity index (χ0) is 10.8. The Labute approximate surface area is 96.9 Å². The highest BCUT2D eigenvalue weighted by atomic mass is 35.5. The number of pyridine rings is 1. The standard InChI is InChI=1S/C13H18ClN/c1-9(2)12(14)11-7-3-5-10-6-4-8-15-13(10)11/h4,6,8-9,11-12H,3,5,7H2,1-2H3. The molecule has 2 unspecified atom stereocenters. The highest BCUT2D eigenvalue weighted by Gasteiger charge is 2.29. The highest BCUT2D eigenvalue weighted by molar-refractivity contribution is 6.21. The summed E-state index contributed by atoms with van der Waals surface area (Å²) in [6, 6.07) is 4.22. The quantitative estimate of drug-likeness (QED) is 0.696. The van der Waals surface area contributed by atoms with Gasteiger partial charge in [-0.25, -0.2) is 0 Å². The second kappa shape index (κ2) is 4.52. The molecule has 82 valence electrons. The molecule has 1 aromatic rings. The van der Waals surface area contributed by atoms with E-state index in [0.717, 1.165) is 0 Å². The molecule has 2 heteroatoms. The molecule has 0 N–H and O–H groups in total. The lowest BCUT2D eigenvalue weighted by Gasteiger charge is -2.29. The van der Waals surface area contributed by atoms with E-state index >= 15 is 0 Å². The average Bonchev–Trinajstić information content (AvgIpc) is 2.27. The summed E-state index contributed by atoms with van der Waals surface area (Å²) in [7, 11) is 0. The van der Waals surface area contributed by atoms with Gasteiger partial charge in [-0.3, -0.25) is 4.98 Å². The van der Waals surface area contributed by atoms with Gasteiger partial charge in [0.15, 0.2) is 0 Å². The maximum absolute atomic E-state index is 6.48. The Morgan fingerprint density at radius 3 is 3.00 bits per heavy atom. The van der Waals surface area contributed by atoms with Crippen LogP contribution in [0.25, 0.3) is 0 Å². The number of nitrogens with zero attached hydrogens (tertiary/aromatic N) is 1. The van der Waals surface area contributed by atoms with E-state index < -0.39 is 0 Å². The predicted octanol–water partition coefficient (Wildman–Crippen LogP) is 3.76. The highest BCUT2D eigenvalue weighted by Crippen LogP contribution is 2.37. The van der Waals surface area contributed by atoms with Crippen LogP contribution in [-0.2, 0) is 6.42 Å². The Bertz CT molecular complexity index is 335. The Morgan fingerprint density at radius 2 is 2.27 bits per heavy atom. The molecule has 2 atom stereocenters. The molecule has 1 heterocycles. The van der Waals surface area contributed by atoms with E-state index in [2.05, 4.69) is 24.9 Å². The monoisotopic (exact) mass is 223 g/mol.